The lowest BCUT2D eigenvalue weighted by molar-refractivity contribution is -0.338. The average molecular weight is 297 g/mol. The number of benzene rings is 1. The standard InChI is InChI=1S/C11H5F6NO2/c12-10(13,14)5-9(11(15,16)17)19-7-2-1-6(4-18)3-8(7)20-9/h1-3H,5H2. The van der Waals surface area contributed by atoms with E-state index in [1.807, 2.05) is 0 Å². The molecule has 3 nitrogen and oxygen atoms in total. The van der Waals surface area contributed by atoms with Crippen LogP contribution in [0.5, 0.6) is 11.5 Å². The van der Waals surface area contributed by atoms with Crippen molar-refractivity contribution >= 4 is 0 Å². The van der Waals surface area contributed by atoms with E-state index in [0.29, 0.717) is 0 Å². The van der Waals surface area contributed by atoms with Crippen LogP contribution >= 0.6 is 0 Å². The third-order valence-electron chi connectivity index (χ3n) is 2.49. The van der Waals surface area contributed by atoms with E-state index in [0.717, 1.165) is 18.2 Å². The van der Waals surface area contributed by atoms with Gasteiger partial charge in [-0.1, -0.05) is 0 Å². The molecule has 0 bridgehead atoms. The summed E-state index contributed by atoms with van der Waals surface area (Å²) in [6, 6.07) is 4.59. The fraction of sp³-hybridized carbons (Fsp3) is 0.364. The van der Waals surface area contributed by atoms with E-state index in [1.54, 1.807) is 6.07 Å². The zero-order valence-electron chi connectivity index (χ0n) is 9.47. The molecular formula is C11H5F6NO2. The number of nitrogens with zero attached hydrogens (tertiary/aromatic N) is 1. The smallest absolute Gasteiger partial charge is 0.440 e. The van der Waals surface area contributed by atoms with Gasteiger partial charge in [0.25, 0.3) is 0 Å². The van der Waals surface area contributed by atoms with Gasteiger partial charge < -0.3 is 9.47 Å². The maximum atomic E-state index is 12.9. The third-order valence-corrected chi connectivity index (χ3v) is 2.49. The summed E-state index contributed by atoms with van der Waals surface area (Å²) in [5.41, 5.74) is -0.0580. The molecule has 0 amide bonds. The summed E-state index contributed by atoms with van der Waals surface area (Å²) >= 11 is 0. The molecule has 108 valence electrons. The minimum Gasteiger partial charge on any atom is -0.440 e. The molecule has 1 heterocycles. The van der Waals surface area contributed by atoms with Crippen LogP contribution in [0.4, 0.5) is 26.3 Å². The lowest BCUT2D eigenvalue weighted by Gasteiger charge is -2.30. The van der Waals surface area contributed by atoms with Gasteiger partial charge in [0.1, 0.15) is 6.42 Å². The Labute approximate surface area is 108 Å². The molecule has 1 aromatic carbocycles. The van der Waals surface area contributed by atoms with Crippen LogP contribution in [0.15, 0.2) is 18.2 Å². The summed E-state index contributed by atoms with van der Waals surface area (Å²) in [6.07, 6.45) is -12.9. The van der Waals surface area contributed by atoms with E-state index in [1.165, 1.54) is 0 Å². The topological polar surface area (TPSA) is 42.2 Å². The Bertz CT molecular complexity index is 574. The number of nitriles is 1. The molecule has 2 rings (SSSR count). The van der Waals surface area contributed by atoms with E-state index in [2.05, 4.69) is 9.47 Å². The summed E-state index contributed by atoms with van der Waals surface area (Å²) in [5, 5.41) is 8.60. The normalized spacial score (nSPS) is 21.6. The second-order valence-corrected chi connectivity index (χ2v) is 4.02. The number of halogens is 6. The molecule has 20 heavy (non-hydrogen) atoms. The van der Waals surface area contributed by atoms with E-state index in [9.17, 15) is 26.3 Å². The van der Waals surface area contributed by atoms with Crippen LogP contribution in [0.3, 0.4) is 0 Å². The average Bonchev–Trinajstić information content (AvgIpc) is 2.63. The van der Waals surface area contributed by atoms with Gasteiger partial charge in [-0.05, 0) is 12.1 Å². The molecule has 1 unspecified atom stereocenters. The van der Waals surface area contributed by atoms with Crippen LogP contribution < -0.4 is 9.47 Å². The number of fused-ring (bicyclic) bond motifs is 1. The molecule has 0 fully saturated rings. The Hall–Kier alpha value is -2.11. The Morgan fingerprint density at radius 2 is 1.65 bits per heavy atom. The van der Waals surface area contributed by atoms with Gasteiger partial charge in [-0.3, -0.25) is 0 Å². The molecule has 0 aliphatic carbocycles. The van der Waals surface area contributed by atoms with Crippen molar-refractivity contribution in [1.82, 2.24) is 0 Å². The Kier molecular flexibility index (Phi) is 3.00. The van der Waals surface area contributed by atoms with Crippen LogP contribution in [-0.4, -0.2) is 18.1 Å². The molecule has 9 heteroatoms. The zero-order valence-corrected chi connectivity index (χ0v) is 9.47. The highest BCUT2D eigenvalue weighted by molar-refractivity contribution is 5.49. The Balaban J connectivity index is 2.42. The molecular weight excluding hydrogens is 292 g/mol. The maximum Gasteiger partial charge on any atom is 0.468 e. The highest BCUT2D eigenvalue weighted by atomic mass is 19.4. The monoisotopic (exact) mass is 297 g/mol. The van der Waals surface area contributed by atoms with Crippen molar-refractivity contribution in [2.75, 3.05) is 0 Å². The van der Waals surface area contributed by atoms with E-state index >= 15 is 0 Å². The van der Waals surface area contributed by atoms with Crippen molar-refractivity contribution in [3.05, 3.63) is 23.8 Å². The predicted octanol–water partition coefficient (Wildman–Crippen LogP) is 3.54. The van der Waals surface area contributed by atoms with Gasteiger partial charge in [-0.25, -0.2) is 0 Å². The molecule has 0 saturated carbocycles. The highest BCUT2D eigenvalue weighted by Gasteiger charge is 2.67. The molecule has 0 N–H and O–H groups in total. The second-order valence-electron chi connectivity index (χ2n) is 4.02. The van der Waals surface area contributed by atoms with E-state index < -0.39 is 36.1 Å². The summed E-state index contributed by atoms with van der Waals surface area (Å²) in [4.78, 5) is 0. The molecule has 1 aliphatic rings. The molecule has 1 aliphatic heterocycles. The first-order chi connectivity index (χ1) is 9.06. The summed E-state index contributed by atoms with van der Waals surface area (Å²) in [6.45, 7) is 0. The number of rotatable bonds is 1. The quantitative estimate of drug-likeness (QED) is 0.745. The largest absolute Gasteiger partial charge is 0.468 e. The van der Waals surface area contributed by atoms with E-state index in [-0.39, 0.29) is 5.56 Å². The van der Waals surface area contributed by atoms with Crippen molar-refractivity contribution in [3.63, 3.8) is 0 Å². The Morgan fingerprint density at radius 3 is 2.15 bits per heavy atom. The summed E-state index contributed by atoms with van der Waals surface area (Å²) in [5.74, 6) is -4.86. The van der Waals surface area contributed by atoms with Gasteiger partial charge in [0, 0.05) is 6.07 Å². The van der Waals surface area contributed by atoms with E-state index in [4.69, 9.17) is 5.26 Å². The number of alkyl halides is 6. The van der Waals surface area contributed by atoms with Gasteiger partial charge in [-0.15, -0.1) is 0 Å². The highest BCUT2D eigenvalue weighted by Crippen LogP contribution is 2.50. The minimum atomic E-state index is -5.39. The predicted molar refractivity (Wildman–Crippen MR) is 51.9 cm³/mol. The van der Waals surface area contributed by atoms with Crippen molar-refractivity contribution < 1.29 is 35.8 Å². The van der Waals surface area contributed by atoms with Crippen LogP contribution in [0, 0.1) is 11.3 Å². The fourth-order valence-corrected chi connectivity index (χ4v) is 1.67. The fourth-order valence-electron chi connectivity index (χ4n) is 1.67. The van der Waals surface area contributed by atoms with Gasteiger partial charge in [0.15, 0.2) is 11.5 Å². The SMILES string of the molecule is N#Cc1ccc2c(c1)OC(CC(F)(F)F)(C(F)(F)F)O2. The number of hydrogen-bond donors (Lipinski definition) is 0. The third kappa shape index (κ3) is 2.45. The van der Waals surface area contributed by atoms with Gasteiger partial charge >= 0.3 is 18.1 Å². The lowest BCUT2D eigenvalue weighted by Crippen LogP contribution is -2.55. The Morgan fingerprint density at radius 1 is 1.05 bits per heavy atom. The van der Waals surface area contributed by atoms with Crippen LogP contribution in [-0.2, 0) is 0 Å². The molecule has 0 spiro atoms. The van der Waals surface area contributed by atoms with Crippen molar-refractivity contribution in [3.8, 4) is 17.6 Å². The van der Waals surface area contributed by atoms with Crippen molar-refractivity contribution in [2.24, 2.45) is 0 Å². The number of hydrogen-bond acceptors (Lipinski definition) is 3. The van der Waals surface area contributed by atoms with Gasteiger partial charge in [0.05, 0.1) is 11.6 Å². The molecule has 0 radical (unpaired) electrons. The van der Waals surface area contributed by atoms with Gasteiger partial charge in [0.2, 0.25) is 0 Å². The molecule has 0 aromatic heterocycles. The van der Waals surface area contributed by atoms with Crippen molar-refractivity contribution in [1.29, 1.82) is 5.26 Å². The first kappa shape index (κ1) is 14.3. The van der Waals surface area contributed by atoms with Crippen LogP contribution in [0.1, 0.15) is 12.0 Å². The summed E-state index contributed by atoms with van der Waals surface area (Å²) < 4.78 is 84.4. The molecule has 0 saturated heterocycles. The first-order valence-electron chi connectivity index (χ1n) is 5.12. The molecule has 1 aromatic rings. The summed E-state index contributed by atoms with van der Waals surface area (Å²) in [7, 11) is 0. The zero-order chi connectivity index (χ0) is 15.2. The minimum absolute atomic E-state index is 0.0580. The molecule has 1 atom stereocenters. The lowest BCUT2D eigenvalue weighted by atomic mass is 10.2. The van der Waals surface area contributed by atoms with Gasteiger partial charge in [-0.2, -0.15) is 31.6 Å². The second kappa shape index (κ2) is 4.19. The van der Waals surface area contributed by atoms with Crippen LogP contribution in [0.25, 0.3) is 0 Å². The first-order valence-corrected chi connectivity index (χ1v) is 5.12. The number of ether oxygens (including phenoxy) is 2. The maximum absolute atomic E-state index is 12.9. The van der Waals surface area contributed by atoms with Crippen molar-refractivity contribution in [2.45, 2.75) is 24.6 Å². The van der Waals surface area contributed by atoms with Crippen LogP contribution in [0.2, 0.25) is 0 Å².